The second-order valence-corrected chi connectivity index (χ2v) is 9.46. The van der Waals surface area contributed by atoms with Crippen molar-refractivity contribution < 1.29 is 14.3 Å². The largest absolute Gasteiger partial charge is 0.496 e. The van der Waals surface area contributed by atoms with Gasteiger partial charge in [-0.1, -0.05) is 57.4 Å². The van der Waals surface area contributed by atoms with E-state index in [-0.39, 0.29) is 11.4 Å². The molecule has 3 nitrogen and oxygen atoms in total. The predicted octanol–water partition coefficient (Wildman–Crippen LogP) is 7.29. The third kappa shape index (κ3) is 4.51. The maximum absolute atomic E-state index is 12.8. The average molecular weight is 423 g/mol. The molecule has 31 heavy (non-hydrogen) atoms. The van der Waals surface area contributed by atoms with Crippen LogP contribution in [0.2, 0.25) is 0 Å². The van der Waals surface area contributed by atoms with Gasteiger partial charge in [-0.2, -0.15) is 0 Å². The summed E-state index contributed by atoms with van der Waals surface area (Å²) in [5, 5.41) is 0. The Balaban J connectivity index is 1.97. The lowest BCUT2D eigenvalue weighted by Crippen LogP contribution is -2.32. The van der Waals surface area contributed by atoms with Crippen molar-refractivity contribution in [3.8, 4) is 11.5 Å². The van der Waals surface area contributed by atoms with E-state index in [1.165, 1.54) is 36.0 Å². The van der Waals surface area contributed by atoms with Crippen LogP contribution >= 0.6 is 0 Å². The normalized spacial score (nSPS) is 16.1. The van der Waals surface area contributed by atoms with Crippen LogP contribution in [0.4, 0.5) is 0 Å². The molecule has 0 N–H and O–H groups in total. The lowest BCUT2D eigenvalue weighted by Gasteiger charge is -2.39. The summed E-state index contributed by atoms with van der Waals surface area (Å²) in [6, 6.07) is 13.0. The fraction of sp³-hybridized carbons (Fsp3) is 0.536. The molecule has 0 bridgehead atoms. The molecule has 2 aromatic carbocycles. The molecule has 1 aliphatic carbocycles. The van der Waals surface area contributed by atoms with E-state index in [2.05, 4.69) is 44.2 Å². The zero-order valence-corrected chi connectivity index (χ0v) is 20.1. The average Bonchev–Trinajstić information content (AvgIpc) is 2.80. The Hall–Kier alpha value is -2.29. The van der Waals surface area contributed by atoms with Crippen LogP contribution in [0.1, 0.15) is 88.0 Å². The van der Waals surface area contributed by atoms with Crippen molar-refractivity contribution in [3.05, 3.63) is 58.7 Å². The standard InChI is InChI=1S/C28H38O3/c1-7-27(5,8-2)26(29)31-25-15-13-23(19-21(25)4)28(16-10-9-11-17-28)22-12-14-24(30-6)20(3)18-22/h12-15,18-19H,7-11,16-17H2,1-6H3. The highest BCUT2D eigenvalue weighted by molar-refractivity contribution is 5.79. The Morgan fingerprint density at radius 1 is 0.903 bits per heavy atom. The summed E-state index contributed by atoms with van der Waals surface area (Å²) in [5.74, 6) is 1.48. The minimum atomic E-state index is -0.434. The summed E-state index contributed by atoms with van der Waals surface area (Å²) in [4.78, 5) is 12.8. The molecule has 0 radical (unpaired) electrons. The van der Waals surface area contributed by atoms with E-state index in [0.717, 1.165) is 37.0 Å². The number of carbonyl (C=O) groups excluding carboxylic acids is 1. The number of esters is 1. The number of ether oxygens (including phenoxy) is 2. The van der Waals surface area contributed by atoms with E-state index in [1.807, 2.05) is 26.8 Å². The van der Waals surface area contributed by atoms with E-state index in [0.29, 0.717) is 5.75 Å². The van der Waals surface area contributed by atoms with Crippen LogP contribution in [0, 0.1) is 19.3 Å². The van der Waals surface area contributed by atoms with Crippen LogP contribution in [0.3, 0.4) is 0 Å². The molecule has 0 amide bonds. The van der Waals surface area contributed by atoms with Crippen LogP contribution in [0.25, 0.3) is 0 Å². The third-order valence-electron chi connectivity index (χ3n) is 7.64. The van der Waals surface area contributed by atoms with Crippen molar-refractivity contribution in [1.29, 1.82) is 0 Å². The number of carbonyl (C=O) groups is 1. The quantitative estimate of drug-likeness (QED) is 0.347. The molecule has 0 spiro atoms. The van der Waals surface area contributed by atoms with Gasteiger partial charge in [0.25, 0.3) is 0 Å². The van der Waals surface area contributed by atoms with Crippen LogP contribution in [-0.2, 0) is 10.2 Å². The minimum absolute atomic E-state index is 0.00390. The molecular formula is C28H38O3. The Labute approximate surface area is 188 Å². The molecule has 1 aliphatic rings. The van der Waals surface area contributed by atoms with E-state index < -0.39 is 5.41 Å². The summed E-state index contributed by atoms with van der Waals surface area (Å²) in [7, 11) is 1.73. The number of rotatable bonds is 7. The topological polar surface area (TPSA) is 35.5 Å². The SMILES string of the molecule is CCC(C)(CC)C(=O)Oc1ccc(C2(c3ccc(OC)c(C)c3)CCCCC2)cc1C. The van der Waals surface area contributed by atoms with Crippen molar-refractivity contribution in [1.82, 2.24) is 0 Å². The summed E-state index contributed by atoms with van der Waals surface area (Å²) < 4.78 is 11.4. The predicted molar refractivity (Wildman–Crippen MR) is 127 cm³/mol. The van der Waals surface area contributed by atoms with Gasteiger partial charge in [-0.25, -0.2) is 0 Å². The Morgan fingerprint density at radius 3 is 1.87 bits per heavy atom. The second-order valence-electron chi connectivity index (χ2n) is 9.46. The Kier molecular flexibility index (Phi) is 7.13. The first-order chi connectivity index (χ1) is 14.8. The molecule has 0 aromatic heterocycles. The highest BCUT2D eigenvalue weighted by atomic mass is 16.5. The number of benzene rings is 2. The number of hydrogen-bond donors (Lipinski definition) is 0. The third-order valence-corrected chi connectivity index (χ3v) is 7.64. The molecular weight excluding hydrogens is 384 g/mol. The van der Waals surface area contributed by atoms with Gasteiger partial charge in [-0.3, -0.25) is 4.79 Å². The Morgan fingerprint density at radius 2 is 1.42 bits per heavy atom. The van der Waals surface area contributed by atoms with Crippen molar-refractivity contribution in [2.24, 2.45) is 5.41 Å². The van der Waals surface area contributed by atoms with E-state index in [4.69, 9.17) is 9.47 Å². The summed E-state index contributed by atoms with van der Waals surface area (Å²) in [5.41, 5.74) is 4.45. The van der Waals surface area contributed by atoms with Gasteiger partial charge >= 0.3 is 5.97 Å². The highest BCUT2D eigenvalue weighted by Gasteiger charge is 2.37. The first-order valence-corrected chi connectivity index (χ1v) is 11.8. The van der Waals surface area contributed by atoms with Crippen LogP contribution in [-0.4, -0.2) is 13.1 Å². The molecule has 0 heterocycles. The van der Waals surface area contributed by atoms with Gasteiger partial charge in [0.2, 0.25) is 0 Å². The van der Waals surface area contributed by atoms with Crippen LogP contribution in [0.5, 0.6) is 11.5 Å². The molecule has 0 atom stereocenters. The fourth-order valence-corrected chi connectivity index (χ4v) is 4.90. The maximum atomic E-state index is 12.8. The first kappa shape index (κ1) is 23.4. The molecule has 1 saturated carbocycles. The molecule has 0 saturated heterocycles. The first-order valence-electron chi connectivity index (χ1n) is 11.8. The zero-order valence-electron chi connectivity index (χ0n) is 20.1. The molecule has 1 fully saturated rings. The van der Waals surface area contributed by atoms with Gasteiger partial charge in [-0.05, 0) is 80.8 Å². The van der Waals surface area contributed by atoms with Gasteiger partial charge in [0, 0.05) is 5.41 Å². The fourth-order valence-electron chi connectivity index (χ4n) is 4.90. The van der Waals surface area contributed by atoms with Gasteiger partial charge < -0.3 is 9.47 Å². The summed E-state index contributed by atoms with van der Waals surface area (Å²) in [6.07, 6.45) is 7.58. The molecule has 2 aromatic rings. The van der Waals surface area contributed by atoms with E-state index >= 15 is 0 Å². The Bertz CT molecular complexity index is 918. The summed E-state index contributed by atoms with van der Waals surface area (Å²) in [6.45, 7) is 10.2. The highest BCUT2D eigenvalue weighted by Crippen LogP contribution is 2.46. The monoisotopic (exact) mass is 422 g/mol. The van der Waals surface area contributed by atoms with Gasteiger partial charge in [-0.15, -0.1) is 0 Å². The van der Waals surface area contributed by atoms with Crippen molar-refractivity contribution in [3.63, 3.8) is 0 Å². The molecule has 0 unspecified atom stereocenters. The smallest absolute Gasteiger partial charge is 0.317 e. The van der Waals surface area contributed by atoms with Gasteiger partial charge in [0.15, 0.2) is 0 Å². The lowest BCUT2D eigenvalue weighted by molar-refractivity contribution is -0.145. The molecule has 3 rings (SSSR count). The van der Waals surface area contributed by atoms with Gasteiger partial charge in [0.1, 0.15) is 11.5 Å². The van der Waals surface area contributed by atoms with Crippen LogP contribution < -0.4 is 9.47 Å². The van der Waals surface area contributed by atoms with Gasteiger partial charge in [0.05, 0.1) is 12.5 Å². The van der Waals surface area contributed by atoms with E-state index in [9.17, 15) is 4.79 Å². The van der Waals surface area contributed by atoms with Crippen LogP contribution in [0.15, 0.2) is 36.4 Å². The van der Waals surface area contributed by atoms with Crippen molar-refractivity contribution >= 4 is 5.97 Å². The van der Waals surface area contributed by atoms with Crippen molar-refractivity contribution in [2.75, 3.05) is 7.11 Å². The molecule has 3 heteroatoms. The number of methoxy groups -OCH3 is 1. The van der Waals surface area contributed by atoms with E-state index in [1.54, 1.807) is 7.11 Å². The number of aryl methyl sites for hydroxylation is 2. The number of hydrogen-bond acceptors (Lipinski definition) is 3. The molecule has 168 valence electrons. The van der Waals surface area contributed by atoms with Crippen molar-refractivity contribution in [2.45, 2.75) is 85.0 Å². The lowest BCUT2D eigenvalue weighted by atomic mass is 9.65. The summed E-state index contributed by atoms with van der Waals surface area (Å²) >= 11 is 0. The zero-order chi connectivity index (χ0) is 22.6. The second kappa shape index (κ2) is 9.46. The molecule has 0 aliphatic heterocycles. The minimum Gasteiger partial charge on any atom is -0.496 e. The maximum Gasteiger partial charge on any atom is 0.317 e.